The summed E-state index contributed by atoms with van der Waals surface area (Å²) in [5, 5.41) is 0.402. The fourth-order valence-electron chi connectivity index (χ4n) is 2.00. The van der Waals surface area contributed by atoms with Gasteiger partial charge in [0.2, 0.25) is 0 Å². The molecule has 108 valence electrons. The number of rotatable bonds is 3. The summed E-state index contributed by atoms with van der Waals surface area (Å²) in [6.07, 6.45) is -2.76. The SMILES string of the molecule is COC(=O)[C@@H](N)Cc1c[nH]c2ccc(C(F)(F)F)cc12. The van der Waals surface area contributed by atoms with Gasteiger partial charge in [0.15, 0.2) is 0 Å². The van der Waals surface area contributed by atoms with Crippen LogP contribution in [0.5, 0.6) is 0 Å². The molecule has 0 amide bonds. The number of nitrogens with two attached hydrogens (primary N) is 1. The van der Waals surface area contributed by atoms with E-state index in [1.807, 2.05) is 0 Å². The third-order valence-corrected chi connectivity index (χ3v) is 3.04. The van der Waals surface area contributed by atoms with Crippen molar-refractivity contribution in [3.8, 4) is 0 Å². The second-order valence-corrected chi connectivity index (χ2v) is 4.41. The van der Waals surface area contributed by atoms with E-state index in [9.17, 15) is 18.0 Å². The average molecular weight is 286 g/mol. The molecule has 2 rings (SSSR count). The van der Waals surface area contributed by atoms with Gasteiger partial charge in [-0.15, -0.1) is 0 Å². The van der Waals surface area contributed by atoms with Crippen LogP contribution in [-0.2, 0) is 22.1 Å². The van der Waals surface area contributed by atoms with Crippen LogP contribution >= 0.6 is 0 Å². The quantitative estimate of drug-likeness (QED) is 0.850. The lowest BCUT2D eigenvalue weighted by molar-refractivity contribution is -0.142. The molecular weight excluding hydrogens is 273 g/mol. The fraction of sp³-hybridized carbons (Fsp3) is 0.308. The molecule has 2 aromatic rings. The van der Waals surface area contributed by atoms with Crippen LogP contribution in [0.15, 0.2) is 24.4 Å². The Bertz CT molecular complexity index is 634. The first-order chi connectivity index (χ1) is 9.32. The number of aromatic amines is 1. The van der Waals surface area contributed by atoms with Gasteiger partial charge < -0.3 is 15.5 Å². The normalized spacial score (nSPS) is 13.4. The first-order valence-electron chi connectivity index (χ1n) is 5.83. The molecule has 1 heterocycles. The van der Waals surface area contributed by atoms with Crippen molar-refractivity contribution in [3.05, 3.63) is 35.5 Å². The van der Waals surface area contributed by atoms with E-state index in [0.717, 1.165) is 12.1 Å². The van der Waals surface area contributed by atoms with Gasteiger partial charge in [-0.2, -0.15) is 13.2 Å². The van der Waals surface area contributed by atoms with Crippen LogP contribution in [0.3, 0.4) is 0 Å². The highest BCUT2D eigenvalue weighted by atomic mass is 19.4. The van der Waals surface area contributed by atoms with Gasteiger partial charge in [-0.25, -0.2) is 0 Å². The maximum atomic E-state index is 12.7. The van der Waals surface area contributed by atoms with Crippen LogP contribution in [0, 0.1) is 0 Å². The monoisotopic (exact) mass is 286 g/mol. The first-order valence-corrected chi connectivity index (χ1v) is 5.83. The van der Waals surface area contributed by atoms with Crippen molar-refractivity contribution in [1.29, 1.82) is 0 Å². The van der Waals surface area contributed by atoms with E-state index < -0.39 is 23.8 Å². The Morgan fingerprint density at radius 2 is 2.15 bits per heavy atom. The highest BCUT2D eigenvalue weighted by Gasteiger charge is 2.30. The summed E-state index contributed by atoms with van der Waals surface area (Å²) in [6, 6.07) is 2.49. The number of aromatic nitrogens is 1. The largest absolute Gasteiger partial charge is 0.468 e. The number of esters is 1. The zero-order chi connectivity index (χ0) is 14.9. The molecule has 0 spiro atoms. The summed E-state index contributed by atoms with van der Waals surface area (Å²) in [5.41, 5.74) is 5.99. The maximum absolute atomic E-state index is 12.7. The number of methoxy groups -OCH3 is 1. The Morgan fingerprint density at radius 3 is 2.75 bits per heavy atom. The Balaban J connectivity index is 2.37. The molecule has 0 bridgehead atoms. The van der Waals surface area contributed by atoms with E-state index in [4.69, 9.17) is 5.73 Å². The smallest absolute Gasteiger partial charge is 0.416 e. The van der Waals surface area contributed by atoms with E-state index >= 15 is 0 Å². The summed E-state index contributed by atoms with van der Waals surface area (Å²) in [7, 11) is 1.21. The highest BCUT2D eigenvalue weighted by molar-refractivity contribution is 5.85. The van der Waals surface area contributed by atoms with Crippen molar-refractivity contribution in [2.45, 2.75) is 18.6 Å². The first kappa shape index (κ1) is 14.4. The van der Waals surface area contributed by atoms with Crippen molar-refractivity contribution >= 4 is 16.9 Å². The molecule has 3 N–H and O–H groups in total. The molecule has 0 unspecified atom stereocenters. The summed E-state index contributed by atoms with van der Waals surface area (Å²) in [4.78, 5) is 14.1. The number of hydrogen-bond donors (Lipinski definition) is 2. The second-order valence-electron chi connectivity index (χ2n) is 4.41. The number of hydrogen-bond acceptors (Lipinski definition) is 3. The second kappa shape index (κ2) is 5.16. The molecule has 0 saturated heterocycles. The van der Waals surface area contributed by atoms with Gasteiger partial charge in [0.25, 0.3) is 0 Å². The predicted octanol–water partition coefficient (Wildman–Crippen LogP) is 2.23. The summed E-state index contributed by atoms with van der Waals surface area (Å²) in [6.45, 7) is 0. The van der Waals surface area contributed by atoms with E-state index in [-0.39, 0.29) is 6.42 Å². The summed E-state index contributed by atoms with van der Waals surface area (Å²) >= 11 is 0. The van der Waals surface area contributed by atoms with Crippen LogP contribution in [0.1, 0.15) is 11.1 Å². The molecule has 1 atom stereocenters. The molecule has 1 aromatic heterocycles. The minimum absolute atomic E-state index is 0.105. The third-order valence-electron chi connectivity index (χ3n) is 3.04. The average Bonchev–Trinajstić information content (AvgIpc) is 2.79. The minimum atomic E-state index is -4.41. The van der Waals surface area contributed by atoms with Gasteiger partial charge in [-0.3, -0.25) is 4.79 Å². The molecule has 1 aromatic carbocycles. The van der Waals surface area contributed by atoms with Gasteiger partial charge in [0, 0.05) is 23.5 Å². The Kier molecular flexibility index (Phi) is 3.71. The predicted molar refractivity (Wildman–Crippen MR) is 67.0 cm³/mol. The number of alkyl halides is 3. The van der Waals surface area contributed by atoms with Crippen LogP contribution in [0.4, 0.5) is 13.2 Å². The molecular formula is C13H13F3N2O2. The highest BCUT2D eigenvalue weighted by Crippen LogP contribution is 2.32. The Labute approximate surface area is 112 Å². The summed E-state index contributed by atoms with van der Waals surface area (Å²) in [5.74, 6) is -0.605. The Hall–Kier alpha value is -2.02. The molecule has 0 saturated carbocycles. The van der Waals surface area contributed by atoms with Gasteiger partial charge >= 0.3 is 12.1 Å². The van der Waals surface area contributed by atoms with Crippen LogP contribution < -0.4 is 5.73 Å². The molecule has 0 aliphatic rings. The van der Waals surface area contributed by atoms with Crippen LogP contribution in [0.25, 0.3) is 10.9 Å². The van der Waals surface area contributed by atoms with E-state index in [0.29, 0.717) is 16.5 Å². The molecule has 0 radical (unpaired) electrons. The van der Waals surface area contributed by atoms with Crippen LogP contribution in [-0.4, -0.2) is 24.1 Å². The number of ether oxygens (including phenoxy) is 1. The zero-order valence-corrected chi connectivity index (χ0v) is 10.6. The topological polar surface area (TPSA) is 68.1 Å². The number of halogens is 3. The molecule has 7 heteroatoms. The van der Waals surface area contributed by atoms with E-state index in [2.05, 4.69) is 9.72 Å². The molecule has 4 nitrogen and oxygen atoms in total. The number of carbonyl (C=O) groups is 1. The lowest BCUT2D eigenvalue weighted by atomic mass is 10.0. The van der Waals surface area contributed by atoms with Gasteiger partial charge in [-0.05, 0) is 23.8 Å². The van der Waals surface area contributed by atoms with Crippen molar-refractivity contribution in [1.82, 2.24) is 4.98 Å². The van der Waals surface area contributed by atoms with E-state index in [1.54, 1.807) is 6.20 Å². The number of fused-ring (bicyclic) bond motifs is 1. The molecule has 0 aliphatic carbocycles. The fourth-order valence-corrected chi connectivity index (χ4v) is 2.00. The number of nitrogens with one attached hydrogen (secondary N) is 1. The number of carbonyl (C=O) groups excluding carboxylic acids is 1. The Morgan fingerprint density at radius 1 is 1.45 bits per heavy atom. The minimum Gasteiger partial charge on any atom is -0.468 e. The van der Waals surface area contributed by atoms with Gasteiger partial charge in [-0.1, -0.05) is 0 Å². The standard InChI is InChI=1S/C13H13F3N2O2/c1-20-12(19)10(17)4-7-6-18-11-3-2-8(5-9(7)11)13(14,15)16/h2-3,5-6,10,18H,4,17H2,1H3/t10-/m0/s1. The summed E-state index contributed by atoms with van der Waals surface area (Å²) < 4.78 is 42.6. The van der Waals surface area contributed by atoms with Crippen molar-refractivity contribution in [2.75, 3.05) is 7.11 Å². The van der Waals surface area contributed by atoms with Gasteiger partial charge in [0.05, 0.1) is 12.7 Å². The lowest BCUT2D eigenvalue weighted by Gasteiger charge is -2.09. The molecule has 0 aliphatic heterocycles. The number of H-pyrrole nitrogens is 1. The lowest BCUT2D eigenvalue weighted by Crippen LogP contribution is -2.33. The van der Waals surface area contributed by atoms with Crippen LogP contribution in [0.2, 0.25) is 0 Å². The third kappa shape index (κ3) is 2.77. The van der Waals surface area contributed by atoms with Crippen molar-refractivity contribution in [3.63, 3.8) is 0 Å². The molecule has 0 fully saturated rings. The molecule has 20 heavy (non-hydrogen) atoms. The zero-order valence-electron chi connectivity index (χ0n) is 10.6. The maximum Gasteiger partial charge on any atom is 0.416 e. The number of benzene rings is 1. The van der Waals surface area contributed by atoms with E-state index in [1.165, 1.54) is 13.2 Å². The van der Waals surface area contributed by atoms with Gasteiger partial charge in [0.1, 0.15) is 6.04 Å². The van der Waals surface area contributed by atoms with Crippen molar-refractivity contribution in [2.24, 2.45) is 5.73 Å². The van der Waals surface area contributed by atoms with Crippen molar-refractivity contribution < 1.29 is 22.7 Å².